The topological polar surface area (TPSA) is 78.4 Å². The standard InChI is InChI=1S/C29H36N4O3/c1-18(2)27-23-16-21(5-6-24(23)30-28(27)22-15-19(3)29(36)31(4)17-22)20-9-11-32(12-10-20)13-14-33-25(34)7-8-26(33)35/h5-6,15-18,20,30H,7-14H2,1-4H3. The number of carbonyl (C=O) groups is 2. The molecule has 7 nitrogen and oxygen atoms in total. The molecule has 0 spiro atoms. The van der Waals surface area contributed by atoms with Gasteiger partial charge in [-0.15, -0.1) is 0 Å². The van der Waals surface area contributed by atoms with Gasteiger partial charge in [-0.1, -0.05) is 19.9 Å². The third-order valence-electron chi connectivity index (χ3n) is 7.94. The maximum Gasteiger partial charge on any atom is 0.253 e. The Kier molecular flexibility index (Phi) is 6.60. The van der Waals surface area contributed by atoms with Crippen LogP contribution in [0.2, 0.25) is 0 Å². The number of aromatic nitrogens is 2. The number of hydrogen-bond acceptors (Lipinski definition) is 4. The van der Waals surface area contributed by atoms with Crippen LogP contribution in [0, 0.1) is 6.92 Å². The SMILES string of the molecule is Cc1cc(-c2[nH]c3ccc(C4CCN(CCN5C(=O)CCC5=O)CC4)cc3c2C(C)C)cn(C)c1=O. The minimum absolute atomic E-state index is 0.0251. The molecule has 0 unspecified atom stereocenters. The van der Waals surface area contributed by atoms with Crippen LogP contribution in [0.3, 0.4) is 0 Å². The van der Waals surface area contributed by atoms with Crippen molar-refractivity contribution in [2.24, 2.45) is 7.05 Å². The van der Waals surface area contributed by atoms with Gasteiger partial charge in [-0.05, 0) is 74.0 Å². The number of benzene rings is 1. The Hall–Kier alpha value is -3.19. The van der Waals surface area contributed by atoms with E-state index in [1.165, 1.54) is 21.4 Å². The Bertz CT molecular complexity index is 1330. The maximum atomic E-state index is 12.2. The molecule has 3 aromatic rings. The van der Waals surface area contributed by atoms with E-state index in [-0.39, 0.29) is 17.4 Å². The second-order valence-corrected chi connectivity index (χ2v) is 10.8. The summed E-state index contributed by atoms with van der Waals surface area (Å²) in [5.74, 6) is 0.782. The highest BCUT2D eigenvalue weighted by Crippen LogP contribution is 2.38. The molecule has 0 bridgehead atoms. The Balaban J connectivity index is 1.35. The van der Waals surface area contributed by atoms with E-state index in [9.17, 15) is 14.4 Å². The highest BCUT2D eigenvalue weighted by Gasteiger charge is 2.29. The first-order valence-corrected chi connectivity index (χ1v) is 13.1. The van der Waals surface area contributed by atoms with Gasteiger partial charge in [0.15, 0.2) is 0 Å². The first-order chi connectivity index (χ1) is 17.2. The molecule has 1 N–H and O–H groups in total. The lowest BCUT2D eigenvalue weighted by Gasteiger charge is -2.33. The number of hydrogen-bond donors (Lipinski definition) is 1. The monoisotopic (exact) mass is 488 g/mol. The van der Waals surface area contributed by atoms with Crippen LogP contribution in [0.5, 0.6) is 0 Å². The van der Waals surface area contributed by atoms with Crippen molar-refractivity contribution in [3.8, 4) is 11.3 Å². The molecule has 5 rings (SSSR count). The van der Waals surface area contributed by atoms with Crippen LogP contribution in [0.4, 0.5) is 0 Å². The molecule has 0 radical (unpaired) electrons. The molecule has 2 aromatic heterocycles. The molecule has 0 atom stereocenters. The van der Waals surface area contributed by atoms with Crippen LogP contribution < -0.4 is 5.56 Å². The van der Waals surface area contributed by atoms with Crippen molar-refractivity contribution in [2.45, 2.75) is 58.3 Å². The van der Waals surface area contributed by atoms with Gasteiger partial charge in [0.25, 0.3) is 5.56 Å². The highest BCUT2D eigenvalue weighted by molar-refractivity contribution is 6.01. The molecular weight excluding hydrogens is 452 g/mol. The molecule has 2 amide bonds. The van der Waals surface area contributed by atoms with Crippen LogP contribution in [0.25, 0.3) is 22.2 Å². The van der Waals surface area contributed by atoms with Crippen molar-refractivity contribution in [1.29, 1.82) is 0 Å². The Morgan fingerprint density at radius 3 is 2.33 bits per heavy atom. The number of imide groups is 1. The molecule has 190 valence electrons. The summed E-state index contributed by atoms with van der Waals surface area (Å²) in [7, 11) is 1.81. The van der Waals surface area contributed by atoms with Gasteiger partial charge in [0.1, 0.15) is 0 Å². The number of fused-ring (bicyclic) bond motifs is 1. The summed E-state index contributed by atoms with van der Waals surface area (Å²) in [4.78, 5) is 43.5. The first-order valence-electron chi connectivity index (χ1n) is 13.1. The van der Waals surface area contributed by atoms with E-state index >= 15 is 0 Å². The predicted molar refractivity (Wildman–Crippen MR) is 142 cm³/mol. The Morgan fingerprint density at radius 1 is 1.00 bits per heavy atom. The van der Waals surface area contributed by atoms with Gasteiger partial charge >= 0.3 is 0 Å². The summed E-state index contributed by atoms with van der Waals surface area (Å²) in [6.45, 7) is 9.56. The molecule has 2 aliphatic rings. The van der Waals surface area contributed by atoms with Gasteiger partial charge in [-0.2, -0.15) is 0 Å². The zero-order valence-electron chi connectivity index (χ0n) is 21.8. The molecule has 2 aliphatic heterocycles. The van der Waals surface area contributed by atoms with E-state index < -0.39 is 0 Å². The number of rotatable bonds is 6. The van der Waals surface area contributed by atoms with E-state index in [1.54, 1.807) is 4.57 Å². The number of nitrogens with zero attached hydrogens (tertiary/aromatic N) is 3. The fourth-order valence-corrected chi connectivity index (χ4v) is 5.93. The van der Waals surface area contributed by atoms with Crippen molar-refractivity contribution in [1.82, 2.24) is 19.4 Å². The van der Waals surface area contributed by atoms with Crippen LogP contribution in [-0.4, -0.2) is 57.3 Å². The summed E-state index contributed by atoms with van der Waals surface area (Å²) in [6.07, 6.45) is 4.80. The zero-order valence-corrected chi connectivity index (χ0v) is 21.8. The van der Waals surface area contributed by atoms with Crippen LogP contribution >= 0.6 is 0 Å². The average Bonchev–Trinajstić information content (AvgIpc) is 3.40. The number of pyridine rings is 1. The lowest BCUT2D eigenvalue weighted by atomic mass is 9.87. The highest BCUT2D eigenvalue weighted by atomic mass is 16.2. The van der Waals surface area contributed by atoms with E-state index in [1.807, 2.05) is 26.2 Å². The smallest absolute Gasteiger partial charge is 0.253 e. The van der Waals surface area contributed by atoms with E-state index in [4.69, 9.17) is 0 Å². The number of piperidine rings is 1. The lowest BCUT2D eigenvalue weighted by Crippen LogP contribution is -2.41. The summed E-state index contributed by atoms with van der Waals surface area (Å²) in [5, 5.41) is 1.26. The molecule has 1 aromatic carbocycles. The van der Waals surface area contributed by atoms with Gasteiger partial charge in [-0.25, -0.2) is 0 Å². The third kappa shape index (κ3) is 4.52. The largest absolute Gasteiger partial charge is 0.354 e. The molecular formula is C29H36N4O3. The van der Waals surface area contributed by atoms with Crippen LogP contribution in [0.1, 0.15) is 68.1 Å². The normalized spacial score (nSPS) is 17.8. The quantitative estimate of drug-likeness (QED) is 0.525. The summed E-state index contributed by atoms with van der Waals surface area (Å²) < 4.78 is 1.66. The van der Waals surface area contributed by atoms with Crippen molar-refractivity contribution in [2.75, 3.05) is 26.2 Å². The molecule has 2 fully saturated rings. The number of aryl methyl sites for hydroxylation is 2. The van der Waals surface area contributed by atoms with Gasteiger partial charge in [0, 0.05) is 61.2 Å². The third-order valence-corrected chi connectivity index (χ3v) is 7.94. The second kappa shape index (κ2) is 9.69. The second-order valence-electron chi connectivity index (χ2n) is 10.8. The van der Waals surface area contributed by atoms with Crippen molar-refractivity contribution in [3.63, 3.8) is 0 Å². The number of likely N-dealkylation sites (tertiary alicyclic amines) is 2. The minimum atomic E-state index is -0.0251. The summed E-state index contributed by atoms with van der Waals surface area (Å²) >= 11 is 0. The van der Waals surface area contributed by atoms with E-state index in [0.717, 1.165) is 54.8 Å². The van der Waals surface area contributed by atoms with E-state index in [2.05, 4.69) is 41.9 Å². The Labute approximate surface area is 212 Å². The number of carbonyl (C=O) groups excluding carboxylic acids is 2. The molecule has 4 heterocycles. The minimum Gasteiger partial charge on any atom is -0.354 e. The van der Waals surface area contributed by atoms with Crippen LogP contribution in [0.15, 0.2) is 35.3 Å². The van der Waals surface area contributed by atoms with E-state index in [0.29, 0.717) is 31.2 Å². The first kappa shape index (κ1) is 24.5. The van der Waals surface area contributed by atoms with Crippen LogP contribution in [-0.2, 0) is 16.6 Å². The van der Waals surface area contributed by atoms with Crippen molar-refractivity contribution in [3.05, 3.63) is 57.5 Å². The van der Waals surface area contributed by atoms with Crippen molar-refractivity contribution >= 4 is 22.7 Å². The average molecular weight is 489 g/mol. The molecule has 36 heavy (non-hydrogen) atoms. The summed E-state index contributed by atoms with van der Waals surface area (Å²) in [5.41, 5.74) is 6.71. The van der Waals surface area contributed by atoms with Crippen molar-refractivity contribution < 1.29 is 9.59 Å². The maximum absolute atomic E-state index is 12.2. The predicted octanol–water partition coefficient (Wildman–Crippen LogP) is 4.29. The lowest BCUT2D eigenvalue weighted by molar-refractivity contribution is -0.138. The van der Waals surface area contributed by atoms with Gasteiger partial charge < -0.3 is 14.5 Å². The fourth-order valence-electron chi connectivity index (χ4n) is 5.93. The number of aromatic amines is 1. The van der Waals surface area contributed by atoms with Gasteiger partial charge in [0.2, 0.25) is 11.8 Å². The number of amides is 2. The molecule has 0 aliphatic carbocycles. The fraction of sp³-hybridized carbons (Fsp3) is 0.483. The molecule has 7 heteroatoms. The summed E-state index contributed by atoms with van der Waals surface area (Å²) in [6, 6.07) is 8.80. The zero-order chi connectivity index (χ0) is 25.6. The molecule has 2 saturated heterocycles. The van der Waals surface area contributed by atoms with Gasteiger partial charge in [-0.3, -0.25) is 19.3 Å². The molecule has 0 saturated carbocycles. The Morgan fingerprint density at radius 2 is 1.69 bits per heavy atom. The van der Waals surface area contributed by atoms with Gasteiger partial charge in [0.05, 0.1) is 5.69 Å². The number of nitrogens with one attached hydrogen (secondary N) is 1. The number of H-pyrrole nitrogens is 1.